The van der Waals surface area contributed by atoms with Crippen molar-refractivity contribution in [2.75, 3.05) is 13.2 Å². The lowest BCUT2D eigenvalue weighted by molar-refractivity contribution is -0.157. The summed E-state index contributed by atoms with van der Waals surface area (Å²) in [5, 5.41) is 0. The minimum Gasteiger partial charge on any atom is -0.454 e. The molecule has 0 saturated heterocycles. The van der Waals surface area contributed by atoms with Gasteiger partial charge in [-0.2, -0.15) is 0 Å². The second-order valence-electron chi connectivity index (χ2n) is 8.29. The van der Waals surface area contributed by atoms with Crippen LogP contribution in [0.25, 0.3) is 0 Å². The minimum absolute atomic E-state index is 0.187. The Labute approximate surface area is 177 Å². The zero-order chi connectivity index (χ0) is 21.8. The number of fused-ring (bicyclic) bond motifs is 1. The molecule has 0 aromatic heterocycles. The van der Waals surface area contributed by atoms with Gasteiger partial charge >= 0.3 is 5.97 Å². The molecule has 7 nitrogen and oxygen atoms in total. The molecule has 1 aromatic rings. The van der Waals surface area contributed by atoms with Gasteiger partial charge in [0.2, 0.25) is 0 Å². The van der Waals surface area contributed by atoms with Crippen LogP contribution in [-0.2, 0) is 14.3 Å². The van der Waals surface area contributed by atoms with E-state index in [0.29, 0.717) is 6.54 Å². The number of carbonyl (C=O) groups excluding carboxylic acids is 4. The first-order chi connectivity index (χ1) is 14.4. The summed E-state index contributed by atoms with van der Waals surface area (Å²) in [5.41, 5.74) is 0.568. The summed E-state index contributed by atoms with van der Waals surface area (Å²) in [6.45, 7) is 5.60. The quantitative estimate of drug-likeness (QED) is 0.506. The van der Waals surface area contributed by atoms with Crippen molar-refractivity contribution in [3.05, 3.63) is 35.4 Å². The highest BCUT2D eigenvalue weighted by molar-refractivity contribution is 6.22. The molecule has 1 saturated carbocycles. The second-order valence-corrected chi connectivity index (χ2v) is 8.29. The average molecular weight is 415 g/mol. The first kappa shape index (κ1) is 22.0. The molecular weight excluding hydrogens is 384 g/mol. The Morgan fingerprint density at radius 2 is 1.63 bits per heavy atom. The van der Waals surface area contributed by atoms with E-state index in [9.17, 15) is 19.2 Å². The Kier molecular flexibility index (Phi) is 6.90. The molecule has 1 aliphatic heterocycles. The molecule has 7 heteroatoms. The Balaban J connectivity index is 1.68. The molecule has 3 rings (SSSR count). The van der Waals surface area contributed by atoms with Crippen LogP contribution in [0.4, 0.5) is 0 Å². The van der Waals surface area contributed by atoms with Crippen LogP contribution < -0.4 is 0 Å². The van der Waals surface area contributed by atoms with E-state index < -0.39 is 23.8 Å². The summed E-state index contributed by atoms with van der Waals surface area (Å²) in [6, 6.07) is 5.62. The van der Waals surface area contributed by atoms with E-state index in [-0.39, 0.29) is 35.6 Å². The monoisotopic (exact) mass is 414 g/mol. The van der Waals surface area contributed by atoms with E-state index in [0.717, 1.165) is 30.6 Å². The Hall–Kier alpha value is -2.70. The van der Waals surface area contributed by atoms with E-state index in [4.69, 9.17) is 4.74 Å². The molecule has 2 aliphatic rings. The van der Waals surface area contributed by atoms with Crippen molar-refractivity contribution in [3.63, 3.8) is 0 Å². The highest BCUT2D eigenvalue weighted by Crippen LogP contribution is 2.28. The molecule has 0 unspecified atom stereocenters. The van der Waals surface area contributed by atoms with Gasteiger partial charge in [-0.05, 0) is 37.8 Å². The highest BCUT2D eigenvalue weighted by atomic mass is 16.5. The molecule has 1 heterocycles. The minimum atomic E-state index is -1.07. The molecule has 162 valence electrons. The van der Waals surface area contributed by atoms with Gasteiger partial charge in [-0.1, -0.05) is 45.2 Å². The fourth-order valence-corrected chi connectivity index (χ4v) is 4.47. The van der Waals surface area contributed by atoms with Gasteiger partial charge in [0.05, 0.1) is 11.1 Å². The van der Waals surface area contributed by atoms with Gasteiger partial charge in [-0.25, -0.2) is 4.79 Å². The van der Waals surface area contributed by atoms with Crippen molar-refractivity contribution in [1.29, 1.82) is 0 Å². The fourth-order valence-electron chi connectivity index (χ4n) is 4.47. The first-order valence-electron chi connectivity index (χ1n) is 10.8. The van der Waals surface area contributed by atoms with Crippen LogP contribution in [0.2, 0.25) is 0 Å². The highest BCUT2D eigenvalue weighted by Gasteiger charge is 2.44. The number of rotatable bonds is 7. The maximum Gasteiger partial charge on any atom is 0.330 e. The number of hydrogen-bond acceptors (Lipinski definition) is 5. The van der Waals surface area contributed by atoms with E-state index in [1.807, 2.05) is 6.92 Å². The zero-order valence-corrected chi connectivity index (χ0v) is 17.9. The van der Waals surface area contributed by atoms with Gasteiger partial charge in [-0.3, -0.25) is 19.3 Å². The van der Waals surface area contributed by atoms with Crippen molar-refractivity contribution in [2.45, 2.75) is 65.0 Å². The van der Waals surface area contributed by atoms with Gasteiger partial charge in [0.1, 0.15) is 6.04 Å². The number of amides is 3. The lowest BCUT2D eigenvalue weighted by Gasteiger charge is -2.34. The predicted octanol–water partition coefficient (Wildman–Crippen LogP) is 3.03. The maximum atomic E-state index is 12.9. The molecule has 0 N–H and O–H groups in total. The summed E-state index contributed by atoms with van der Waals surface area (Å²) in [6.07, 6.45) is 5.33. The maximum absolute atomic E-state index is 12.9. The SMILES string of the molecule is CCN(C(=O)COC(=O)[C@@H](C(C)C)N1C(=O)c2ccccc2C1=O)C1CCCCC1. The molecule has 0 bridgehead atoms. The molecule has 1 atom stereocenters. The van der Waals surface area contributed by atoms with Gasteiger partial charge < -0.3 is 9.64 Å². The number of imide groups is 1. The van der Waals surface area contributed by atoms with E-state index in [1.165, 1.54) is 6.42 Å². The third-order valence-electron chi connectivity index (χ3n) is 5.99. The van der Waals surface area contributed by atoms with Gasteiger partial charge in [0.15, 0.2) is 6.61 Å². The molecule has 0 radical (unpaired) electrons. The van der Waals surface area contributed by atoms with Gasteiger partial charge in [0, 0.05) is 12.6 Å². The third-order valence-corrected chi connectivity index (χ3v) is 5.99. The van der Waals surface area contributed by atoms with Crippen molar-refractivity contribution in [1.82, 2.24) is 9.80 Å². The largest absolute Gasteiger partial charge is 0.454 e. The number of carbonyl (C=O) groups is 4. The van der Waals surface area contributed by atoms with Crippen LogP contribution in [0.15, 0.2) is 24.3 Å². The zero-order valence-electron chi connectivity index (χ0n) is 17.9. The summed E-state index contributed by atoms with van der Waals surface area (Å²) in [7, 11) is 0. The third kappa shape index (κ3) is 4.25. The molecule has 1 aliphatic carbocycles. The van der Waals surface area contributed by atoms with E-state index in [2.05, 4.69) is 0 Å². The summed E-state index contributed by atoms with van der Waals surface area (Å²) < 4.78 is 5.33. The molecule has 1 aromatic carbocycles. The van der Waals surface area contributed by atoms with Crippen molar-refractivity contribution in [2.24, 2.45) is 5.92 Å². The first-order valence-corrected chi connectivity index (χ1v) is 10.8. The topological polar surface area (TPSA) is 84.0 Å². The standard InChI is InChI=1S/C23H30N2O5/c1-4-24(16-10-6-5-7-11-16)19(26)14-30-23(29)20(15(2)3)25-21(27)17-12-8-9-13-18(17)22(25)28/h8-9,12-13,15-16,20H,4-7,10-11,14H2,1-3H3/t20-/m1/s1. The van der Waals surface area contributed by atoms with Crippen molar-refractivity contribution < 1.29 is 23.9 Å². The number of benzene rings is 1. The van der Waals surface area contributed by atoms with E-state index in [1.54, 1.807) is 43.0 Å². The number of nitrogens with zero attached hydrogens (tertiary/aromatic N) is 2. The van der Waals surface area contributed by atoms with Crippen LogP contribution in [0, 0.1) is 5.92 Å². The van der Waals surface area contributed by atoms with Crippen LogP contribution in [0.3, 0.4) is 0 Å². The lowest BCUT2D eigenvalue weighted by Crippen LogP contribution is -2.50. The molecular formula is C23H30N2O5. The number of likely N-dealkylation sites (N-methyl/N-ethyl adjacent to an activating group) is 1. The molecule has 30 heavy (non-hydrogen) atoms. The average Bonchev–Trinajstić information content (AvgIpc) is 2.99. The van der Waals surface area contributed by atoms with Gasteiger partial charge in [0.25, 0.3) is 17.7 Å². The Bertz CT molecular complexity index is 794. The molecule has 3 amide bonds. The number of ether oxygens (including phenoxy) is 1. The van der Waals surface area contributed by atoms with Crippen LogP contribution in [-0.4, -0.2) is 58.7 Å². The number of esters is 1. The van der Waals surface area contributed by atoms with Crippen molar-refractivity contribution in [3.8, 4) is 0 Å². The van der Waals surface area contributed by atoms with Crippen LogP contribution in [0.1, 0.15) is 73.6 Å². The van der Waals surface area contributed by atoms with E-state index >= 15 is 0 Å². The number of hydrogen-bond donors (Lipinski definition) is 0. The van der Waals surface area contributed by atoms with Gasteiger partial charge in [-0.15, -0.1) is 0 Å². The Morgan fingerprint density at radius 3 is 2.13 bits per heavy atom. The predicted molar refractivity (Wildman–Crippen MR) is 111 cm³/mol. The Morgan fingerprint density at radius 1 is 1.07 bits per heavy atom. The smallest absolute Gasteiger partial charge is 0.330 e. The molecule has 1 fully saturated rings. The van der Waals surface area contributed by atoms with Crippen molar-refractivity contribution >= 4 is 23.7 Å². The summed E-state index contributed by atoms with van der Waals surface area (Å²) >= 11 is 0. The molecule has 0 spiro atoms. The second kappa shape index (κ2) is 9.41. The van der Waals surface area contributed by atoms with Crippen LogP contribution >= 0.6 is 0 Å². The van der Waals surface area contributed by atoms with Crippen LogP contribution in [0.5, 0.6) is 0 Å². The normalized spacial score (nSPS) is 17.8. The summed E-state index contributed by atoms with van der Waals surface area (Å²) in [5.74, 6) is -2.32. The fraction of sp³-hybridized carbons (Fsp3) is 0.565. The summed E-state index contributed by atoms with van der Waals surface area (Å²) in [4.78, 5) is 53.9. The lowest BCUT2D eigenvalue weighted by atomic mass is 9.94.